The van der Waals surface area contributed by atoms with Crippen LogP contribution in [-0.4, -0.2) is 46.4 Å². The van der Waals surface area contributed by atoms with Crippen molar-refractivity contribution < 1.29 is 9.53 Å². The number of amides is 1. The Morgan fingerprint density at radius 1 is 1.16 bits per heavy atom. The second-order valence-corrected chi connectivity index (χ2v) is 8.95. The summed E-state index contributed by atoms with van der Waals surface area (Å²) in [5.74, 6) is 1.30. The van der Waals surface area contributed by atoms with E-state index in [1.165, 1.54) is 11.8 Å². The molecule has 0 saturated heterocycles. The number of anilines is 1. The van der Waals surface area contributed by atoms with Crippen molar-refractivity contribution >= 4 is 46.7 Å². The van der Waals surface area contributed by atoms with Crippen LogP contribution >= 0.6 is 35.1 Å². The molecule has 6 nitrogen and oxygen atoms in total. The lowest BCUT2D eigenvalue weighted by atomic mass is 10.2. The Labute approximate surface area is 196 Å². The van der Waals surface area contributed by atoms with Crippen LogP contribution in [0.2, 0.25) is 5.02 Å². The van der Waals surface area contributed by atoms with Crippen molar-refractivity contribution in [2.75, 3.05) is 31.0 Å². The van der Waals surface area contributed by atoms with Crippen LogP contribution in [0.25, 0.3) is 11.4 Å². The quantitative estimate of drug-likeness (QED) is 0.292. The minimum atomic E-state index is -0.0224. The number of thioether (sulfide) groups is 2. The molecule has 3 aromatic rings. The summed E-state index contributed by atoms with van der Waals surface area (Å²) in [5, 5.41) is 13.1. The van der Waals surface area contributed by atoms with E-state index < -0.39 is 0 Å². The van der Waals surface area contributed by atoms with Gasteiger partial charge in [0, 0.05) is 42.9 Å². The number of benzene rings is 2. The molecule has 1 aromatic heterocycles. The van der Waals surface area contributed by atoms with Crippen LogP contribution < -0.4 is 5.32 Å². The van der Waals surface area contributed by atoms with E-state index in [1.807, 2.05) is 59.4 Å². The molecule has 0 spiro atoms. The highest BCUT2D eigenvalue weighted by molar-refractivity contribution is 7.99. The van der Waals surface area contributed by atoms with Crippen LogP contribution in [0.1, 0.15) is 12.8 Å². The summed E-state index contributed by atoms with van der Waals surface area (Å²) < 4.78 is 7.24. The van der Waals surface area contributed by atoms with E-state index in [0.717, 1.165) is 33.5 Å². The van der Waals surface area contributed by atoms with E-state index in [9.17, 15) is 4.79 Å². The number of carbonyl (C=O) groups is 1. The lowest BCUT2D eigenvalue weighted by molar-refractivity contribution is -0.115. The molecule has 0 bridgehead atoms. The standard InChI is InChI=1S/C22H25ClN4O2S2/c1-29-14-7-13-27-21(16-8-3-4-9-17(16)23)25-26-22(27)31-15-12-20(28)24-18-10-5-6-11-19(18)30-2/h3-6,8-11H,7,12-15H2,1-2H3,(H,24,28). The highest BCUT2D eigenvalue weighted by atomic mass is 35.5. The molecule has 1 amide bonds. The molecule has 2 aromatic carbocycles. The Balaban J connectivity index is 1.66. The minimum Gasteiger partial charge on any atom is -0.385 e. The minimum absolute atomic E-state index is 0.0224. The number of halogens is 1. The molecule has 31 heavy (non-hydrogen) atoms. The largest absolute Gasteiger partial charge is 0.385 e. The van der Waals surface area contributed by atoms with Crippen molar-refractivity contribution in [1.29, 1.82) is 0 Å². The zero-order valence-corrected chi connectivity index (χ0v) is 19.9. The molecular formula is C22H25ClN4O2S2. The summed E-state index contributed by atoms with van der Waals surface area (Å²) >= 11 is 9.51. The number of carbonyl (C=O) groups excluding carboxylic acids is 1. The highest BCUT2D eigenvalue weighted by Crippen LogP contribution is 2.30. The van der Waals surface area contributed by atoms with Crippen LogP contribution in [-0.2, 0) is 16.1 Å². The van der Waals surface area contributed by atoms with E-state index in [1.54, 1.807) is 18.9 Å². The van der Waals surface area contributed by atoms with E-state index >= 15 is 0 Å². The average Bonchev–Trinajstić information content (AvgIpc) is 3.17. The van der Waals surface area contributed by atoms with Crippen molar-refractivity contribution in [2.24, 2.45) is 0 Å². The number of hydrogen-bond acceptors (Lipinski definition) is 6. The normalized spacial score (nSPS) is 10.9. The number of ether oxygens (including phenoxy) is 1. The number of nitrogens with zero attached hydrogens (tertiary/aromatic N) is 3. The van der Waals surface area contributed by atoms with E-state index in [-0.39, 0.29) is 5.91 Å². The van der Waals surface area contributed by atoms with Crippen molar-refractivity contribution in [3.63, 3.8) is 0 Å². The first-order valence-corrected chi connectivity index (χ1v) is 12.5. The Morgan fingerprint density at radius 2 is 1.94 bits per heavy atom. The van der Waals surface area contributed by atoms with E-state index in [0.29, 0.717) is 30.3 Å². The van der Waals surface area contributed by atoms with Crippen molar-refractivity contribution in [3.05, 3.63) is 53.6 Å². The summed E-state index contributed by atoms with van der Waals surface area (Å²) in [4.78, 5) is 13.5. The molecule has 9 heteroatoms. The zero-order valence-electron chi connectivity index (χ0n) is 17.5. The Bertz CT molecular complexity index is 1010. The van der Waals surface area contributed by atoms with Gasteiger partial charge < -0.3 is 14.6 Å². The Morgan fingerprint density at radius 3 is 2.71 bits per heavy atom. The molecule has 1 heterocycles. The van der Waals surface area contributed by atoms with Crippen molar-refractivity contribution in [1.82, 2.24) is 14.8 Å². The van der Waals surface area contributed by atoms with E-state index in [4.69, 9.17) is 16.3 Å². The van der Waals surface area contributed by atoms with Gasteiger partial charge in [0.1, 0.15) is 0 Å². The molecule has 0 fully saturated rings. The van der Waals surface area contributed by atoms with Crippen LogP contribution in [0.4, 0.5) is 5.69 Å². The summed E-state index contributed by atoms with van der Waals surface area (Å²) in [6, 6.07) is 15.4. The number of aromatic nitrogens is 3. The highest BCUT2D eigenvalue weighted by Gasteiger charge is 2.17. The second kappa shape index (κ2) is 12.1. The van der Waals surface area contributed by atoms with Gasteiger partial charge in [-0.15, -0.1) is 22.0 Å². The van der Waals surface area contributed by atoms with Gasteiger partial charge in [0.15, 0.2) is 11.0 Å². The molecule has 0 atom stereocenters. The van der Waals surface area contributed by atoms with Crippen LogP contribution in [0.15, 0.2) is 58.6 Å². The first kappa shape index (κ1) is 23.7. The van der Waals surface area contributed by atoms with Gasteiger partial charge in [-0.1, -0.05) is 47.6 Å². The van der Waals surface area contributed by atoms with Gasteiger partial charge in [-0.05, 0) is 36.9 Å². The molecule has 1 N–H and O–H groups in total. The fourth-order valence-electron chi connectivity index (χ4n) is 3.00. The molecule has 0 saturated carbocycles. The lowest BCUT2D eigenvalue weighted by Crippen LogP contribution is -2.13. The number of nitrogens with one attached hydrogen (secondary N) is 1. The molecule has 3 rings (SSSR count). The number of hydrogen-bond donors (Lipinski definition) is 1. The predicted octanol–water partition coefficient (Wildman–Crippen LogP) is 5.48. The predicted molar refractivity (Wildman–Crippen MR) is 129 cm³/mol. The molecule has 0 aliphatic rings. The van der Waals surface area contributed by atoms with Gasteiger partial charge in [0.05, 0.1) is 10.7 Å². The third kappa shape index (κ3) is 6.49. The van der Waals surface area contributed by atoms with Gasteiger partial charge in [-0.2, -0.15) is 0 Å². The van der Waals surface area contributed by atoms with Crippen LogP contribution in [0.5, 0.6) is 0 Å². The SMILES string of the molecule is COCCCn1c(SCCC(=O)Nc2ccccc2SC)nnc1-c1ccccc1Cl. The molecule has 0 unspecified atom stereocenters. The van der Waals surface area contributed by atoms with Crippen LogP contribution in [0, 0.1) is 0 Å². The number of methoxy groups -OCH3 is 1. The van der Waals surface area contributed by atoms with Crippen LogP contribution in [0.3, 0.4) is 0 Å². The topological polar surface area (TPSA) is 69.0 Å². The monoisotopic (exact) mass is 476 g/mol. The van der Waals surface area contributed by atoms with Gasteiger partial charge >= 0.3 is 0 Å². The molecule has 0 aliphatic carbocycles. The third-order valence-electron chi connectivity index (χ3n) is 4.50. The summed E-state index contributed by atoms with van der Waals surface area (Å²) in [6.45, 7) is 1.35. The second-order valence-electron chi connectivity index (χ2n) is 6.63. The fourth-order valence-corrected chi connectivity index (χ4v) is 4.68. The molecule has 0 aliphatic heterocycles. The van der Waals surface area contributed by atoms with Gasteiger partial charge in [0.2, 0.25) is 5.91 Å². The smallest absolute Gasteiger partial charge is 0.225 e. The maximum Gasteiger partial charge on any atom is 0.225 e. The Kier molecular flexibility index (Phi) is 9.27. The average molecular weight is 477 g/mol. The zero-order chi connectivity index (χ0) is 22.1. The van der Waals surface area contributed by atoms with Crippen molar-refractivity contribution in [3.8, 4) is 11.4 Å². The molecule has 164 valence electrons. The van der Waals surface area contributed by atoms with E-state index in [2.05, 4.69) is 15.5 Å². The Hall–Kier alpha value is -2.00. The summed E-state index contributed by atoms with van der Waals surface area (Å²) in [7, 11) is 1.69. The first-order valence-electron chi connectivity index (χ1n) is 9.86. The molecule has 0 radical (unpaired) electrons. The number of rotatable bonds is 11. The number of para-hydroxylation sites is 1. The van der Waals surface area contributed by atoms with Gasteiger partial charge in [-0.3, -0.25) is 4.79 Å². The maximum absolute atomic E-state index is 12.4. The summed E-state index contributed by atoms with van der Waals surface area (Å²) in [6.07, 6.45) is 3.19. The fraction of sp³-hybridized carbons (Fsp3) is 0.318. The van der Waals surface area contributed by atoms with Gasteiger partial charge in [0.25, 0.3) is 0 Å². The van der Waals surface area contributed by atoms with Crippen molar-refractivity contribution in [2.45, 2.75) is 29.4 Å². The summed E-state index contributed by atoms with van der Waals surface area (Å²) in [5.41, 5.74) is 1.68. The third-order valence-corrected chi connectivity index (χ3v) is 6.60. The first-order chi connectivity index (χ1) is 15.1. The van der Waals surface area contributed by atoms with Gasteiger partial charge in [-0.25, -0.2) is 0 Å². The molecular weight excluding hydrogens is 452 g/mol. The maximum atomic E-state index is 12.4. The lowest BCUT2D eigenvalue weighted by Gasteiger charge is -2.11.